The molecule has 2 aliphatic heterocycles. The maximum atomic E-state index is 13.8. The Hall–Kier alpha value is -4.39. The highest BCUT2D eigenvalue weighted by molar-refractivity contribution is 6.01. The fourth-order valence-corrected chi connectivity index (χ4v) is 5.46. The van der Waals surface area contributed by atoms with Crippen LogP contribution in [-0.4, -0.2) is 48.5 Å². The fraction of sp³-hybridized carbons (Fsp3) is 0.469. The number of nitriles is 1. The van der Waals surface area contributed by atoms with Gasteiger partial charge in [-0.05, 0) is 48.3 Å². The van der Waals surface area contributed by atoms with Gasteiger partial charge in [0, 0.05) is 18.9 Å². The maximum Gasteiger partial charge on any atom is 0.415 e. The van der Waals surface area contributed by atoms with Gasteiger partial charge in [-0.25, -0.2) is 4.79 Å². The Labute approximate surface area is 246 Å². The van der Waals surface area contributed by atoms with Crippen molar-refractivity contribution in [1.82, 2.24) is 16.0 Å². The number of piperidine rings is 1. The number of amides is 4. The van der Waals surface area contributed by atoms with Crippen molar-refractivity contribution in [2.75, 3.05) is 11.4 Å². The first kappa shape index (κ1) is 30.6. The van der Waals surface area contributed by atoms with Crippen LogP contribution in [0.3, 0.4) is 0 Å². The number of hydrogen-bond acceptors (Lipinski definition) is 6. The van der Waals surface area contributed by atoms with Gasteiger partial charge in [0.25, 0.3) is 0 Å². The molecule has 0 bridgehead atoms. The summed E-state index contributed by atoms with van der Waals surface area (Å²) in [7, 11) is 0. The van der Waals surface area contributed by atoms with E-state index in [0.29, 0.717) is 25.1 Å². The molecule has 3 N–H and O–H groups in total. The molecule has 0 aliphatic carbocycles. The van der Waals surface area contributed by atoms with Gasteiger partial charge in [-0.3, -0.25) is 19.3 Å². The second-order valence-corrected chi connectivity index (χ2v) is 12.1. The van der Waals surface area contributed by atoms with E-state index in [1.807, 2.05) is 63.2 Å². The van der Waals surface area contributed by atoms with E-state index in [2.05, 4.69) is 22.0 Å². The van der Waals surface area contributed by atoms with Crippen LogP contribution in [-0.2, 0) is 32.1 Å². The Morgan fingerprint density at radius 2 is 1.81 bits per heavy atom. The zero-order chi connectivity index (χ0) is 30.3. The smallest absolute Gasteiger partial charge is 0.415 e. The van der Waals surface area contributed by atoms with Crippen LogP contribution in [0, 0.1) is 22.7 Å². The minimum absolute atomic E-state index is 0.0519. The molecule has 2 aromatic rings. The lowest BCUT2D eigenvalue weighted by molar-refractivity contribution is -0.131. The molecule has 0 aromatic heterocycles. The first-order valence-corrected chi connectivity index (χ1v) is 14.4. The summed E-state index contributed by atoms with van der Waals surface area (Å²) in [6, 6.07) is 15.9. The highest BCUT2D eigenvalue weighted by Crippen LogP contribution is 2.33. The van der Waals surface area contributed by atoms with Crippen molar-refractivity contribution in [3.05, 3.63) is 65.7 Å². The third-order valence-electron chi connectivity index (χ3n) is 7.52. The molecule has 2 heterocycles. The van der Waals surface area contributed by atoms with Gasteiger partial charge in [-0.1, -0.05) is 69.3 Å². The zero-order valence-electron chi connectivity index (χ0n) is 24.4. The monoisotopic (exact) mass is 573 g/mol. The molecule has 4 atom stereocenters. The Kier molecular flexibility index (Phi) is 9.84. The van der Waals surface area contributed by atoms with E-state index in [-0.39, 0.29) is 36.7 Å². The third-order valence-corrected chi connectivity index (χ3v) is 7.52. The molecule has 42 heavy (non-hydrogen) atoms. The van der Waals surface area contributed by atoms with Crippen LogP contribution < -0.4 is 20.9 Å². The molecule has 1 unspecified atom stereocenters. The summed E-state index contributed by atoms with van der Waals surface area (Å²) in [6.45, 7) is 6.52. The average Bonchev–Trinajstić information content (AvgIpc) is 3.36. The number of ether oxygens (including phenoxy) is 1. The van der Waals surface area contributed by atoms with Gasteiger partial charge in [0.2, 0.25) is 17.7 Å². The number of benzene rings is 2. The van der Waals surface area contributed by atoms with Crippen molar-refractivity contribution in [2.24, 2.45) is 11.3 Å². The predicted octanol–water partition coefficient (Wildman–Crippen LogP) is 3.60. The average molecular weight is 574 g/mol. The quantitative estimate of drug-likeness (QED) is 0.419. The SMILES string of the molecule is CC(C)(C)C[C@H](NC(=O)C1Cc2ccccc2N1C(=O)OCc1ccccc1)C(=O)N[C@H](C#N)C[C@@H]1CCCNC1=O. The fourth-order valence-electron chi connectivity index (χ4n) is 5.46. The van der Waals surface area contributed by atoms with Crippen molar-refractivity contribution in [3.63, 3.8) is 0 Å². The molecule has 2 aliphatic rings. The van der Waals surface area contributed by atoms with Gasteiger partial charge in [0.15, 0.2) is 0 Å². The van der Waals surface area contributed by atoms with Crippen molar-refractivity contribution in [1.29, 1.82) is 5.26 Å². The number of hydrogen-bond donors (Lipinski definition) is 3. The van der Waals surface area contributed by atoms with Crippen LogP contribution in [0.5, 0.6) is 0 Å². The van der Waals surface area contributed by atoms with Gasteiger partial charge in [-0.15, -0.1) is 0 Å². The predicted molar refractivity (Wildman–Crippen MR) is 157 cm³/mol. The van der Waals surface area contributed by atoms with Crippen molar-refractivity contribution in [2.45, 2.75) is 77.6 Å². The molecule has 0 saturated carbocycles. The van der Waals surface area contributed by atoms with Gasteiger partial charge in [0.05, 0.1) is 11.8 Å². The van der Waals surface area contributed by atoms with Gasteiger partial charge in [-0.2, -0.15) is 5.26 Å². The number of carbonyl (C=O) groups excluding carboxylic acids is 4. The molecular weight excluding hydrogens is 534 g/mol. The second-order valence-electron chi connectivity index (χ2n) is 12.1. The molecule has 4 rings (SSSR count). The van der Waals surface area contributed by atoms with E-state index >= 15 is 0 Å². The summed E-state index contributed by atoms with van der Waals surface area (Å²) >= 11 is 0. The zero-order valence-corrected chi connectivity index (χ0v) is 24.4. The number of nitrogens with zero attached hydrogens (tertiary/aromatic N) is 2. The number of nitrogens with one attached hydrogen (secondary N) is 3. The molecular formula is C32H39N5O5. The molecule has 0 spiro atoms. The summed E-state index contributed by atoms with van der Waals surface area (Å²) in [5.74, 6) is -1.47. The van der Waals surface area contributed by atoms with E-state index in [1.165, 1.54) is 4.90 Å². The Bertz CT molecular complexity index is 1330. The third kappa shape index (κ3) is 7.87. The molecule has 1 saturated heterocycles. The number of carbonyl (C=O) groups is 4. The van der Waals surface area contributed by atoms with Crippen LogP contribution in [0.2, 0.25) is 0 Å². The molecule has 222 valence electrons. The molecule has 2 aromatic carbocycles. The van der Waals surface area contributed by atoms with Crippen LogP contribution in [0.4, 0.5) is 10.5 Å². The maximum absolute atomic E-state index is 13.8. The van der Waals surface area contributed by atoms with Crippen LogP contribution >= 0.6 is 0 Å². The van der Waals surface area contributed by atoms with E-state index in [4.69, 9.17) is 4.74 Å². The summed E-state index contributed by atoms with van der Waals surface area (Å²) in [6.07, 6.45) is 1.58. The number of fused-ring (bicyclic) bond motifs is 1. The molecule has 0 radical (unpaired) electrons. The first-order valence-electron chi connectivity index (χ1n) is 14.4. The van der Waals surface area contributed by atoms with Crippen LogP contribution in [0.25, 0.3) is 0 Å². The van der Waals surface area contributed by atoms with Crippen molar-refractivity contribution in [3.8, 4) is 6.07 Å². The van der Waals surface area contributed by atoms with Crippen LogP contribution in [0.15, 0.2) is 54.6 Å². The lowest BCUT2D eigenvalue weighted by Crippen LogP contribution is -2.56. The van der Waals surface area contributed by atoms with Crippen molar-refractivity contribution < 1.29 is 23.9 Å². The van der Waals surface area contributed by atoms with Crippen LogP contribution in [0.1, 0.15) is 57.6 Å². The Morgan fingerprint density at radius 1 is 1.10 bits per heavy atom. The number of anilines is 1. The van der Waals surface area contributed by atoms with E-state index in [1.54, 1.807) is 12.1 Å². The van der Waals surface area contributed by atoms with E-state index in [9.17, 15) is 24.4 Å². The summed E-state index contributed by atoms with van der Waals surface area (Å²) in [5.41, 5.74) is 1.89. The largest absolute Gasteiger partial charge is 0.444 e. The summed E-state index contributed by atoms with van der Waals surface area (Å²) in [5, 5.41) is 18.2. The molecule has 1 fully saturated rings. The highest BCUT2D eigenvalue weighted by Gasteiger charge is 2.41. The molecule has 10 heteroatoms. The minimum Gasteiger partial charge on any atom is -0.444 e. The minimum atomic E-state index is -0.959. The van der Waals surface area contributed by atoms with Gasteiger partial charge in [0.1, 0.15) is 24.7 Å². The van der Waals surface area contributed by atoms with E-state index < -0.39 is 36.0 Å². The van der Waals surface area contributed by atoms with E-state index in [0.717, 1.165) is 17.5 Å². The normalized spacial score (nSPS) is 19.5. The molecule has 10 nitrogen and oxygen atoms in total. The second kappa shape index (κ2) is 13.5. The standard InChI is InChI=1S/C32H39N5O5/c1-32(2,3)18-25(29(39)35-24(19-33)16-23-13-9-15-34-28(23)38)36-30(40)27-17-22-12-7-8-14-26(22)37(27)31(41)42-20-21-10-5-4-6-11-21/h4-8,10-12,14,23-25,27H,9,13,15-18,20H2,1-3H3,(H,34,38)(H,35,39)(H,36,40)/t23-,24-,25-,27?/m0/s1. The van der Waals surface area contributed by atoms with Gasteiger partial charge < -0.3 is 20.7 Å². The van der Waals surface area contributed by atoms with Gasteiger partial charge >= 0.3 is 6.09 Å². The summed E-state index contributed by atoms with van der Waals surface area (Å²) in [4.78, 5) is 54.1. The Balaban J connectivity index is 1.48. The topological polar surface area (TPSA) is 141 Å². The number of rotatable bonds is 9. The molecule has 4 amide bonds. The lowest BCUT2D eigenvalue weighted by atomic mass is 9.87. The first-order chi connectivity index (χ1) is 20.1. The van der Waals surface area contributed by atoms with Crippen molar-refractivity contribution >= 4 is 29.5 Å². The lowest BCUT2D eigenvalue weighted by Gasteiger charge is -2.30. The highest BCUT2D eigenvalue weighted by atomic mass is 16.6. The number of para-hydroxylation sites is 1. The summed E-state index contributed by atoms with van der Waals surface area (Å²) < 4.78 is 5.59. The Morgan fingerprint density at radius 3 is 2.50 bits per heavy atom.